The third-order valence-electron chi connectivity index (χ3n) is 3.36. The summed E-state index contributed by atoms with van der Waals surface area (Å²) in [5.74, 6) is -1.11. The third-order valence-corrected chi connectivity index (χ3v) is 7.92. The van der Waals surface area contributed by atoms with Gasteiger partial charge in [0.1, 0.15) is 9.09 Å². The molecule has 20 heavy (non-hydrogen) atoms. The highest BCUT2D eigenvalue weighted by molar-refractivity contribution is 8.00. The summed E-state index contributed by atoms with van der Waals surface area (Å²) in [6.45, 7) is 4.40. The number of rotatable bonds is 8. The van der Waals surface area contributed by atoms with Gasteiger partial charge in [-0.05, 0) is 31.2 Å². The first-order valence-corrected chi connectivity index (χ1v) is 9.70. The maximum absolute atomic E-state index is 12.2. The number of thiophene rings is 1. The van der Waals surface area contributed by atoms with E-state index in [-0.39, 0.29) is 13.8 Å². The molecule has 1 heterocycles. The van der Waals surface area contributed by atoms with Crippen molar-refractivity contribution in [1.29, 1.82) is 0 Å². The smallest absolute Gasteiger partial charge is 0.345 e. The van der Waals surface area contributed by atoms with Gasteiger partial charge < -0.3 is 5.11 Å². The Bertz CT molecular complexity index is 553. The van der Waals surface area contributed by atoms with Crippen LogP contribution in [-0.2, 0) is 10.0 Å². The molecule has 0 unspecified atom stereocenters. The Morgan fingerprint density at radius 2 is 2.00 bits per heavy atom. The predicted molar refractivity (Wildman–Crippen MR) is 83.3 cm³/mol. The Morgan fingerprint density at radius 3 is 2.40 bits per heavy atom. The average Bonchev–Trinajstić information content (AvgIpc) is 2.91. The van der Waals surface area contributed by atoms with Gasteiger partial charge in [-0.2, -0.15) is 11.8 Å². The van der Waals surface area contributed by atoms with Crippen LogP contribution in [0.4, 0.5) is 0 Å². The standard InChI is InChI=1S/C12H19NO4S3/c1-4-12(5-2,18-3)8-13-20(16,17)10-7-6-9(19-10)11(14)15/h6-7,13H,4-5,8H2,1-3H3,(H,14,15). The summed E-state index contributed by atoms with van der Waals surface area (Å²) in [5, 5.41) is 8.83. The molecule has 0 aliphatic heterocycles. The Morgan fingerprint density at radius 1 is 1.40 bits per heavy atom. The fourth-order valence-electron chi connectivity index (χ4n) is 1.74. The maximum Gasteiger partial charge on any atom is 0.345 e. The van der Waals surface area contributed by atoms with Crippen LogP contribution in [0.25, 0.3) is 0 Å². The van der Waals surface area contributed by atoms with Gasteiger partial charge >= 0.3 is 5.97 Å². The zero-order valence-corrected chi connectivity index (χ0v) is 14.1. The summed E-state index contributed by atoms with van der Waals surface area (Å²) in [7, 11) is -3.64. The largest absolute Gasteiger partial charge is 0.477 e. The van der Waals surface area contributed by atoms with Gasteiger partial charge in [0.2, 0.25) is 10.0 Å². The predicted octanol–water partition coefficient (Wildman–Crippen LogP) is 2.65. The van der Waals surface area contributed by atoms with E-state index in [2.05, 4.69) is 4.72 Å². The SMILES string of the molecule is CCC(CC)(CNS(=O)(=O)c1ccc(C(=O)O)s1)SC. The zero-order chi connectivity index (χ0) is 15.4. The summed E-state index contributed by atoms with van der Waals surface area (Å²) in [4.78, 5) is 10.8. The van der Waals surface area contributed by atoms with Crippen LogP contribution in [0.15, 0.2) is 16.3 Å². The van der Waals surface area contributed by atoms with E-state index in [1.807, 2.05) is 20.1 Å². The number of nitrogens with one attached hydrogen (secondary N) is 1. The van der Waals surface area contributed by atoms with Crippen LogP contribution in [0, 0.1) is 0 Å². The fourth-order valence-corrected chi connectivity index (χ4v) is 4.94. The van der Waals surface area contributed by atoms with E-state index in [0.717, 1.165) is 24.2 Å². The highest BCUT2D eigenvalue weighted by Crippen LogP contribution is 2.30. The Labute approximate surface area is 127 Å². The quantitative estimate of drug-likeness (QED) is 0.762. The summed E-state index contributed by atoms with van der Waals surface area (Å²) in [6.07, 6.45) is 3.69. The molecule has 0 saturated heterocycles. The average molecular weight is 337 g/mol. The molecule has 0 fully saturated rings. The molecule has 0 bridgehead atoms. The molecule has 0 aliphatic carbocycles. The second-order valence-electron chi connectivity index (χ2n) is 4.34. The number of aromatic carboxylic acids is 1. The molecule has 0 spiro atoms. The van der Waals surface area contributed by atoms with Gasteiger partial charge in [0.05, 0.1) is 0 Å². The van der Waals surface area contributed by atoms with Gasteiger partial charge in [0.25, 0.3) is 0 Å². The van der Waals surface area contributed by atoms with E-state index in [1.165, 1.54) is 12.1 Å². The monoisotopic (exact) mass is 337 g/mol. The normalized spacial score (nSPS) is 12.6. The molecule has 0 aliphatic rings. The zero-order valence-electron chi connectivity index (χ0n) is 11.7. The van der Waals surface area contributed by atoms with Crippen LogP contribution in [-0.4, -0.2) is 37.0 Å². The molecule has 1 aromatic rings. The number of thioether (sulfide) groups is 1. The van der Waals surface area contributed by atoms with Gasteiger partial charge in [-0.3, -0.25) is 0 Å². The number of carboxylic acid groups (broad SMARTS) is 1. The maximum atomic E-state index is 12.2. The molecule has 1 aromatic heterocycles. The molecule has 0 saturated carbocycles. The molecular formula is C12H19NO4S3. The van der Waals surface area contributed by atoms with Gasteiger partial charge in [-0.15, -0.1) is 11.3 Å². The van der Waals surface area contributed by atoms with Gasteiger partial charge in [0.15, 0.2) is 0 Å². The first kappa shape index (κ1) is 17.5. The number of hydrogen-bond acceptors (Lipinski definition) is 5. The first-order chi connectivity index (χ1) is 9.30. The van der Waals surface area contributed by atoms with Crippen molar-refractivity contribution in [2.24, 2.45) is 0 Å². The van der Waals surface area contributed by atoms with Crippen molar-refractivity contribution in [3.8, 4) is 0 Å². The Balaban J connectivity index is 2.87. The second kappa shape index (κ2) is 6.93. The molecule has 0 atom stereocenters. The van der Waals surface area contributed by atoms with Gasteiger partial charge in [0, 0.05) is 11.3 Å². The van der Waals surface area contributed by atoms with Crippen molar-refractivity contribution in [2.75, 3.05) is 12.8 Å². The molecule has 8 heteroatoms. The highest BCUT2D eigenvalue weighted by Gasteiger charge is 2.28. The summed E-state index contributed by atoms with van der Waals surface area (Å²) >= 11 is 2.41. The van der Waals surface area contributed by atoms with Crippen molar-refractivity contribution in [3.05, 3.63) is 17.0 Å². The van der Waals surface area contributed by atoms with Crippen molar-refractivity contribution < 1.29 is 18.3 Å². The van der Waals surface area contributed by atoms with Gasteiger partial charge in [-0.25, -0.2) is 17.9 Å². The van der Waals surface area contributed by atoms with Crippen LogP contribution >= 0.6 is 23.1 Å². The number of carboxylic acids is 1. The van der Waals surface area contributed by atoms with Crippen LogP contribution in [0.1, 0.15) is 36.4 Å². The number of carbonyl (C=O) groups is 1. The number of sulfonamides is 1. The van der Waals surface area contributed by atoms with Crippen molar-refractivity contribution in [1.82, 2.24) is 4.72 Å². The van der Waals surface area contributed by atoms with E-state index in [9.17, 15) is 13.2 Å². The molecule has 0 aromatic carbocycles. The van der Waals surface area contributed by atoms with Crippen LogP contribution in [0.5, 0.6) is 0 Å². The van der Waals surface area contributed by atoms with E-state index < -0.39 is 16.0 Å². The third kappa shape index (κ3) is 3.97. The van der Waals surface area contributed by atoms with E-state index in [0.29, 0.717) is 6.54 Å². The number of hydrogen-bond donors (Lipinski definition) is 2. The van der Waals surface area contributed by atoms with E-state index >= 15 is 0 Å². The molecule has 1 rings (SSSR count). The lowest BCUT2D eigenvalue weighted by Gasteiger charge is -2.29. The molecular weight excluding hydrogens is 318 g/mol. The highest BCUT2D eigenvalue weighted by atomic mass is 32.2. The van der Waals surface area contributed by atoms with Crippen LogP contribution in [0.2, 0.25) is 0 Å². The fraction of sp³-hybridized carbons (Fsp3) is 0.583. The van der Waals surface area contributed by atoms with E-state index in [4.69, 9.17) is 5.11 Å². The van der Waals surface area contributed by atoms with E-state index in [1.54, 1.807) is 11.8 Å². The summed E-state index contributed by atoms with van der Waals surface area (Å²) < 4.78 is 26.8. The molecule has 5 nitrogen and oxygen atoms in total. The van der Waals surface area contributed by atoms with Gasteiger partial charge in [-0.1, -0.05) is 13.8 Å². The first-order valence-electron chi connectivity index (χ1n) is 6.18. The second-order valence-corrected chi connectivity index (χ2v) is 8.69. The summed E-state index contributed by atoms with van der Waals surface area (Å²) in [5.41, 5.74) is 0. The van der Waals surface area contributed by atoms with Crippen molar-refractivity contribution in [3.63, 3.8) is 0 Å². The molecule has 114 valence electrons. The van der Waals surface area contributed by atoms with Crippen LogP contribution in [0.3, 0.4) is 0 Å². The molecule has 0 amide bonds. The topological polar surface area (TPSA) is 83.5 Å². The lowest BCUT2D eigenvalue weighted by Crippen LogP contribution is -2.39. The Kier molecular flexibility index (Phi) is 6.06. The molecule has 2 N–H and O–H groups in total. The molecule has 0 radical (unpaired) electrons. The minimum atomic E-state index is -3.64. The van der Waals surface area contributed by atoms with Crippen molar-refractivity contribution >= 4 is 39.1 Å². The Hall–Kier alpha value is -0.570. The lowest BCUT2D eigenvalue weighted by atomic mass is 10.0. The minimum Gasteiger partial charge on any atom is -0.477 e. The minimum absolute atomic E-state index is 0.0208. The lowest BCUT2D eigenvalue weighted by molar-refractivity contribution is 0.0702. The van der Waals surface area contributed by atoms with Crippen LogP contribution < -0.4 is 4.72 Å². The summed E-state index contributed by atoms with van der Waals surface area (Å²) in [6, 6.07) is 2.64. The van der Waals surface area contributed by atoms with Crippen molar-refractivity contribution in [2.45, 2.75) is 35.6 Å².